The molecule has 8 rings (SSSR count). The molecule has 6 heterocycles. The van der Waals surface area contributed by atoms with Crippen molar-refractivity contribution < 1.29 is 9.84 Å². The Kier molecular flexibility index (Phi) is 6.96. The summed E-state index contributed by atoms with van der Waals surface area (Å²) >= 11 is 0. The Hall–Kier alpha value is -5.64. The lowest BCUT2D eigenvalue weighted by atomic mass is 10.2. The van der Waals surface area contributed by atoms with E-state index in [0.717, 1.165) is 63.9 Å². The summed E-state index contributed by atoms with van der Waals surface area (Å²) in [7, 11) is 1.69. The number of methoxy groups -OCH3 is 1. The van der Waals surface area contributed by atoms with E-state index in [-0.39, 0.29) is 0 Å². The minimum Gasteiger partial charge on any atom is -0.508 e. The minimum absolute atomic E-state index is 0.291. The van der Waals surface area contributed by atoms with E-state index in [1.807, 2.05) is 50.2 Å². The van der Waals surface area contributed by atoms with Crippen molar-refractivity contribution >= 4 is 33.4 Å². The first kappa shape index (κ1) is 28.1. The highest BCUT2D eigenvalue weighted by Crippen LogP contribution is 2.25. The highest BCUT2D eigenvalue weighted by molar-refractivity contribution is 5.82. The molecule has 1 N–H and O–H groups in total. The number of phenolic OH excluding ortho intramolecular Hbond substituents is 1. The van der Waals surface area contributed by atoms with Crippen LogP contribution in [0.5, 0.6) is 11.5 Å². The largest absolute Gasteiger partial charge is 0.508 e. The van der Waals surface area contributed by atoms with Gasteiger partial charge in [0.1, 0.15) is 23.1 Å². The highest BCUT2D eigenvalue weighted by atomic mass is 16.5. The van der Waals surface area contributed by atoms with Crippen LogP contribution < -0.4 is 4.74 Å². The van der Waals surface area contributed by atoms with Gasteiger partial charge in [-0.25, -0.2) is 0 Å². The SMILES string of the molecule is COc1ccc(Cn2c(C)cc3c2ccc2nnc(C)n23)cc1.Cc1cc2c(ccc3nnc(C)n32)n1Cc1ccc(O)cc1. The van der Waals surface area contributed by atoms with Crippen LogP contribution in [0.2, 0.25) is 0 Å². The van der Waals surface area contributed by atoms with Gasteiger partial charge in [0.25, 0.3) is 0 Å². The number of fused-ring (bicyclic) bond motifs is 6. The van der Waals surface area contributed by atoms with Crippen molar-refractivity contribution in [1.82, 2.24) is 38.3 Å². The Morgan fingerprint density at radius 1 is 0.556 bits per heavy atom. The van der Waals surface area contributed by atoms with Crippen LogP contribution in [-0.4, -0.2) is 50.5 Å². The molecule has 0 radical (unpaired) electrons. The number of rotatable bonds is 5. The number of ether oxygens (including phenoxy) is 1. The highest BCUT2D eigenvalue weighted by Gasteiger charge is 2.13. The molecule has 226 valence electrons. The average Bonchev–Trinajstić information content (AvgIpc) is 3.79. The fourth-order valence-corrected chi connectivity index (χ4v) is 6.06. The van der Waals surface area contributed by atoms with Crippen LogP contribution in [0.4, 0.5) is 0 Å². The second-order valence-electron chi connectivity index (χ2n) is 11.3. The molecule has 10 nitrogen and oxygen atoms in total. The van der Waals surface area contributed by atoms with Gasteiger partial charge in [-0.15, -0.1) is 20.4 Å². The number of hydrogen-bond donors (Lipinski definition) is 1. The van der Waals surface area contributed by atoms with Gasteiger partial charge in [-0.2, -0.15) is 0 Å². The second kappa shape index (κ2) is 11.1. The Labute approximate surface area is 259 Å². The average molecular weight is 599 g/mol. The Bertz CT molecular complexity index is 2300. The fraction of sp³-hybridized carbons (Fsp3) is 0.200. The maximum absolute atomic E-state index is 9.41. The van der Waals surface area contributed by atoms with Crippen molar-refractivity contribution in [3.8, 4) is 11.5 Å². The zero-order valence-corrected chi connectivity index (χ0v) is 25.9. The molecule has 0 saturated carbocycles. The third-order valence-corrected chi connectivity index (χ3v) is 8.39. The topological polar surface area (TPSA) is 99.7 Å². The van der Waals surface area contributed by atoms with E-state index in [9.17, 15) is 5.11 Å². The van der Waals surface area contributed by atoms with Crippen LogP contribution >= 0.6 is 0 Å². The van der Waals surface area contributed by atoms with Gasteiger partial charge in [-0.1, -0.05) is 24.3 Å². The molecule has 0 unspecified atom stereocenters. The van der Waals surface area contributed by atoms with Crippen LogP contribution in [0.3, 0.4) is 0 Å². The van der Waals surface area contributed by atoms with Gasteiger partial charge < -0.3 is 19.0 Å². The van der Waals surface area contributed by atoms with Gasteiger partial charge in [0.05, 0.1) is 29.2 Å². The maximum atomic E-state index is 9.41. The molecule has 10 heteroatoms. The predicted molar refractivity (Wildman–Crippen MR) is 175 cm³/mol. The summed E-state index contributed by atoms with van der Waals surface area (Å²) in [6, 6.07) is 28.1. The molecule has 0 amide bonds. The Morgan fingerprint density at radius 3 is 1.44 bits per heavy atom. The Balaban J connectivity index is 0.000000145. The van der Waals surface area contributed by atoms with E-state index in [2.05, 4.69) is 88.6 Å². The van der Waals surface area contributed by atoms with Crippen molar-refractivity contribution in [2.24, 2.45) is 0 Å². The number of nitrogens with zero attached hydrogens (tertiary/aromatic N) is 8. The lowest BCUT2D eigenvalue weighted by Gasteiger charge is -2.09. The van der Waals surface area contributed by atoms with Gasteiger partial charge in [0.15, 0.2) is 11.3 Å². The first-order valence-corrected chi connectivity index (χ1v) is 14.8. The molecule has 0 atom stereocenters. The van der Waals surface area contributed by atoms with E-state index in [1.165, 1.54) is 22.5 Å². The fourth-order valence-electron chi connectivity index (χ4n) is 6.06. The summed E-state index contributed by atoms with van der Waals surface area (Å²) in [4.78, 5) is 0. The molecule has 0 spiro atoms. The van der Waals surface area contributed by atoms with Gasteiger partial charge >= 0.3 is 0 Å². The van der Waals surface area contributed by atoms with Crippen LogP contribution in [0.1, 0.15) is 34.2 Å². The molecule has 0 aliphatic carbocycles. The number of aromatic hydroxyl groups is 1. The molecule has 8 aromatic rings. The van der Waals surface area contributed by atoms with E-state index in [1.54, 1.807) is 19.2 Å². The van der Waals surface area contributed by atoms with E-state index in [4.69, 9.17) is 4.74 Å². The number of hydrogen-bond acceptors (Lipinski definition) is 6. The van der Waals surface area contributed by atoms with Crippen molar-refractivity contribution in [2.45, 2.75) is 40.8 Å². The van der Waals surface area contributed by atoms with Crippen LogP contribution in [0.25, 0.3) is 33.4 Å². The number of aryl methyl sites for hydroxylation is 4. The van der Waals surface area contributed by atoms with Crippen LogP contribution in [0.15, 0.2) is 84.9 Å². The number of aromatic nitrogens is 8. The lowest BCUT2D eigenvalue weighted by Crippen LogP contribution is -2.02. The summed E-state index contributed by atoms with van der Waals surface area (Å²) < 4.78 is 14.0. The zero-order valence-electron chi connectivity index (χ0n) is 25.9. The smallest absolute Gasteiger partial charge is 0.161 e. The van der Waals surface area contributed by atoms with Gasteiger partial charge in [0.2, 0.25) is 0 Å². The summed E-state index contributed by atoms with van der Waals surface area (Å²) in [6.45, 7) is 9.77. The normalized spacial score (nSPS) is 11.5. The molecule has 2 aromatic carbocycles. The number of benzene rings is 2. The molecule has 45 heavy (non-hydrogen) atoms. The predicted octanol–water partition coefficient (Wildman–Crippen LogP) is 6.41. The van der Waals surface area contributed by atoms with Crippen molar-refractivity contribution in [3.05, 3.63) is 119 Å². The minimum atomic E-state index is 0.291. The monoisotopic (exact) mass is 598 g/mol. The molecule has 0 aliphatic rings. The van der Waals surface area contributed by atoms with Crippen molar-refractivity contribution in [2.75, 3.05) is 7.11 Å². The quantitative estimate of drug-likeness (QED) is 0.246. The summed E-state index contributed by atoms with van der Waals surface area (Å²) in [5, 5.41) is 26.1. The summed E-state index contributed by atoms with van der Waals surface area (Å²) in [6.07, 6.45) is 0. The molecule has 0 fully saturated rings. The van der Waals surface area contributed by atoms with Crippen molar-refractivity contribution in [1.29, 1.82) is 0 Å². The van der Waals surface area contributed by atoms with Gasteiger partial charge in [0, 0.05) is 24.5 Å². The van der Waals surface area contributed by atoms with E-state index >= 15 is 0 Å². The molecule has 0 aliphatic heterocycles. The van der Waals surface area contributed by atoms with Gasteiger partial charge in [-0.05, 0) is 99.5 Å². The van der Waals surface area contributed by atoms with Crippen LogP contribution in [0, 0.1) is 27.7 Å². The third-order valence-electron chi connectivity index (χ3n) is 8.39. The van der Waals surface area contributed by atoms with Crippen molar-refractivity contribution in [3.63, 3.8) is 0 Å². The molecular formula is C35H34N8O2. The molecule has 6 aromatic heterocycles. The molecule has 0 saturated heterocycles. The Morgan fingerprint density at radius 2 is 1.00 bits per heavy atom. The second-order valence-corrected chi connectivity index (χ2v) is 11.3. The standard InChI is InChI=1S/C18H18N4O.C17H16N4O/c1-12-10-17-16(8-9-18-20-19-13(2)22(17)18)21(12)11-14-4-6-15(23-3)7-5-14;1-11-9-16-15(7-8-17-19-18-12(2)21(16)17)20(11)10-13-3-5-14(22)6-4-13/h4-10H,11H2,1-3H3;3-9,22H,10H2,1-2H3. The summed E-state index contributed by atoms with van der Waals surface area (Å²) in [5.74, 6) is 2.97. The zero-order chi connectivity index (χ0) is 31.2. The van der Waals surface area contributed by atoms with Crippen LogP contribution in [-0.2, 0) is 13.1 Å². The maximum Gasteiger partial charge on any atom is 0.161 e. The van der Waals surface area contributed by atoms with Gasteiger partial charge in [-0.3, -0.25) is 8.80 Å². The number of phenols is 1. The lowest BCUT2D eigenvalue weighted by molar-refractivity contribution is 0.414. The summed E-state index contributed by atoms with van der Waals surface area (Å²) in [5.41, 5.74) is 11.2. The molecular weight excluding hydrogens is 564 g/mol. The third kappa shape index (κ3) is 5.04. The van der Waals surface area contributed by atoms with E-state index in [0.29, 0.717) is 5.75 Å². The first-order chi connectivity index (χ1) is 21.8. The first-order valence-electron chi connectivity index (χ1n) is 14.8. The van der Waals surface area contributed by atoms with E-state index < -0.39 is 0 Å². The number of pyridine rings is 2. The molecule has 0 bridgehead atoms.